The summed E-state index contributed by atoms with van der Waals surface area (Å²) in [5, 5.41) is 0. The van der Waals surface area contributed by atoms with Crippen LogP contribution in [0.5, 0.6) is 0 Å². The van der Waals surface area contributed by atoms with Crippen LogP contribution in [0.1, 0.15) is 27.2 Å². The first-order valence-electron chi connectivity index (χ1n) is 5.68. The minimum Gasteiger partial charge on any atom is -0.299 e. The number of ketones is 1. The van der Waals surface area contributed by atoms with E-state index in [0.717, 1.165) is 24.6 Å². The topological polar surface area (TPSA) is 37.4 Å². The van der Waals surface area contributed by atoms with Crippen LogP contribution in [0, 0.1) is 5.92 Å². The maximum absolute atomic E-state index is 11.5. The average Bonchev–Trinajstić information content (AvgIpc) is 2.24. The van der Waals surface area contributed by atoms with Gasteiger partial charge in [-0.3, -0.25) is 13.9 Å². The summed E-state index contributed by atoms with van der Waals surface area (Å²) in [6.45, 7) is 7.74. The maximum Gasteiger partial charge on any atom is 0.138 e. The third-order valence-corrected chi connectivity index (χ3v) is 4.66. The fourth-order valence-electron chi connectivity index (χ4n) is 1.95. The fourth-order valence-corrected chi connectivity index (χ4v) is 2.68. The van der Waals surface area contributed by atoms with E-state index in [4.69, 9.17) is 0 Å². The van der Waals surface area contributed by atoms with Crippen molar-refractivity contribution in [2.75, 3.05) is 24.6 Å². The van der Waals surface area contributed by atoms with Crippen molar-refractivity contribution in [3.8, 4) is 0 Å². The Labute approximate surface area is 94.7 Å². The molecule has 3 unspecified atom stereocenters. The predicted molar refractivity (Wildman–Crippen MR) is 63.4 cm³/mol. The number of piperidine rings is 1. The molecule has 0 aromatic carbocycles. The first-order valence-corrected chi connectivity index (χ1v) is 7.16. The van der Waals surface area contributed by atoms with Gasteiger partial charge < -0.3 is 0 Å². The van der Waals surface area contributed by atoms with Crippen LogP contribution >= 0.6 is 0 Å². The Morgan fingerprint density at radius 3 is 2.73 bits per heavy atom. The second kappa shape index (κ2) is 5.75. The van der Waals surface area contributed by atoms with Gasteiger partial charge in [-0.25, -0.2) is 0 Å². The normalized spacial score (nSPS) is 30.5. The SMILES string of the molecule is CCS(=O)CCN1CCC(=O)C(C)C1C. The van der Waals surface area contributed by atoms with Gasteiger partial charge in [-0.1, -0.05) is 13.8 Å². The van der Waals surface area contributed by atoms with Crippen LogP contribution in [-0.4, -0.2) is 45.5 Å². The van der Waals surface area contributed by atoms with Gasteiger partial charge in [-0.15, -0.1) is 0 Å². The molecule has 0 radical (unpaired) electrons. The third kappa shape index (κ3) is 3.38. The van der Waals surface area contributed by atoms with Crippen LogP contribution < -0.4 is 0 Å². The van der Waals surface area contributed by atoms with Gasteiger partial charge in [0.05, 0.1) is 0 Å². The van der Waals surface area contributed by atoms with E-state index in [9.17, 15) is 9.00 Å². The summed E-state index contributed by atoms with van der Waals surface area (Å²) in [6, 6.07) is 0.306. The highest BCUT2D eigenvalue weighted by Crippen LogP contribution is 2.19. The summed E-state index contributed by atoms with van der Waals surface area (Å²) in [5.74, 6) is 1.97. The van der Waals surface area contributed by atoms with E-state index in [2.05, 4.69) is 11.8 Å². The van der Waals surface area contributed by atoms with Gasteiger partial charge in [-0.05, 0) is 6.92 Å². The van der Waals surface area contributed by atoms with E-state index in [1.807, 2.05) is 13.8 Å². The molecule has 0 aromatic rings. The first kappa shape index (κ1) is 12.8. The number of carbonyl (C=O) groups excluding carboxylic acids is 1. The van der Waals surface area contributed by atoms with Crippen molar-refractivity contribution in [3.05, 3.63) is 0 Å². The molecular weight excluding hydrogens is 210 g/mol. The summed E-state index contributed by atoms with van der Waals surface area (Å²) in [6.07, 6.45) is 0.657. The van der Waals surface area contributed by atoms with E-state index in [-0.39, 0.29) is 5.92 Å². The van der Waals surface area contributed by atoms with Gasteiger partial charge in [0.15, 0.2) is 0 Å². The van der Waals surface area contributed by atoms with Gasteiger partial charge in [0.1, 0.15) is 5.78 Å². The molecule has 0 aromatic heterocycles. The molecule has 1 aliphatic heterocycles. The Bertz CT molecular complexity index is 255. The zero-order chi connectivity index (χ0) is 11.4. The molecule has 1 aliphatic rings. The van der Waals surface area contributed by atoms with Gasteiger partial charge in [0, 0.05) is 53.8 Å². The standard InChI is InChI=1S/C11H21NO2S/c1-4-15(14)8-7-12-6-5-11(13)9(2)10(12)3/h9-10H,4-8H2,1-3H3. The van der Waals surface area contributed by atoms with Crippen LogP contribution in [0.15, 0.2) is 0 Å². The van der Waals surface area contributed by atoms with Crippen molar-refractivity contribution in [1.29, 1.82) is 0 Å². The monoisotopic (exact) mass is 231 g/mol. The fraction of sp³-hybridized carbons (Fsp3) is 0.909. The van der Waals surface area contributed by atoms with Gasteiger partial charge in [-0.2, -0.15) is 0 Å². The largest absolute Gasteiger partial charge is 0.299 e. The van der Waals surface area contributed by atoms with Crippen LogP contribution in [0.4, 0.5) is 0 Å². The van der Waals surface area contributed by atoms with Crippen LogP contribution in [-0.2, 0) is 15.6 Å². The average molecular weight is 231 g/mol. The zero-order valence-corrected chi connectivity index (χ0v) is 10.7. The lowest BCUT2D eigenvalue weighted by Gasteiger charge is -2.36. The van der Waals surface area contributed by atoms with Crippen LogP contribution in [0.25, 0.3) is 0 Å². The van der Waals surface area contributed by atoms with Crippen molar-refractivity contribution in [3.63, 3.8) is 0 Å². The van der Waals surface area contributed by atoms with Gasteiger partial charge >= 0.3 is 0 Å². The molecule has 88 valence electrons. The summed E-state index contributed by atoms with van der Waals surface area (Å²) in [4.78, 5) is 13.7. The Kier molecular flexibility index (Phi) is 4.93. The van der Waals surface area contributed by atoms with Crippen molar-refractivity contribution >= 4 is 16.6 Å². The molecule has 1 fully saturated rings. The number of carbonyl (C=O) groups is 1. The highest BCUT2D eigenvalue weighted by molar-refractivity contribution is 7.84. The lowest BCUT2D eigenvalue weighted by molar-refractivity contribution is -0.127. The molecule has 0 spiro atoms. The molecular formula is C11H21NO2S. The molecule has 4 heteroatoms. The first-order chi connectivity index (χ1) is 7.06. The molecule has 15 heavy (non-hydrogen) atoms. The Morgan fingerprint density at radius 2 is 2.13 bits per heavy atom. The van der Waals surface area contributed by atoms with E-state index in [0.29, 0.717) is 18.2 Å². The number of hydrogen-bond donors (Lipinski definition) is 0. The molecule has 0 amide bonds. The quantitative estimate of drug-likeness (QED) is 0.726. The molecule has 1 rings (SSSR count). The summed E-state index contributed by atoms with van der Waals surface area (Å²) in [7, 11) is -0.690. The lowest BCUT2D eigenvalue weighted by Crippen LogP contribution is -2.48. The second-order valence-corrected chi connectivity index (χ2v) is 6.08. The van der Waals surface area contributed by atoms with Crippen molar-refractivity contribution in [2.45, 2.75) is 33.2 Å². The maximum atomic E-state index is 11.5. The molecule has 1 saturated heterocycles. The molecule has 3 atom stereocenters. The Morgan fingerprint density at radius 1 is 1.47 bits per heavy atom. The van der Waals surface area contributed by atoms with E-state index in [1.165, 1.54) is 0 Å². The number of rotatable bonds is 4. The number of nitrogens with zero attached hydrogens (tertiary/aromatic N) is 1. The van der Waals surface area contributed by atoms with Crippen molar-refractivity contribution < 1.29 is 9.00 Å². The predicted octanol–water partition coefficient (Wildman–Crippen LogP) is 1.05. The van der Waals surface area contributed by atoms with E-state index >= 15 is 0 Å². The van der Waals surface area contributed by atoms with Gasteiger partial charge in [0.25, 0.3) is 0 Å². The lowest BCUT2D eigenvalue weighted by atomic mass is 9.91. The summed E-state index contributed by atoms with van der Waals surface area (Å²) < 4.78 is 11.3. The molecule has 0 bridgehead atoms. The molecule has 0 aliphatic carbocycles. The van der Waals surface area contributed by atoms with Crippen LogP contribution in [0.2, 0.25) is 0 Å². The molecule has 1 heterocycles. The minimum atomic E-state index is -0.690. The second-order valence-electron chi connectivity index (χ2n) is 4.21. The molecule has 0 N–H and O–H groups in total. The van der Waals surface area contributed by atoms with Crippen LogP contribution in [0.3, 0.4) is 0 Å². The molecule has 3 nitrogen and oxygen atoms in total. The third-order valence-electron chi connectivity index (χ3n) is 3.38. The highest BCUT2D eigenvalue weighted by atomic mass is 32.2. The zero-order valence-electron chi connectivity index (χ0n) is 9.86. The van der Waals surface area contributed by atoms with E-state index in [1.54, 1.807) is 0 Å². The smallest absolute Gasteiger partial charge is 0.138 e. The Balaban J connectivity index is 2.42. The number of Topliss-reactive ketones (excluding diaryl/α,β-unsaturated/α-hetero) is 1. The van der Waals surface area contributed by atoms with Gasteiger partial charge in [0.2, 0.25) is 0 Å². The number of likely N-dealkylation sites (tertiary alicyclic amines) is 1. The molecule has 0 saturated carbocycles. The van der Waals surface area contributed by atoms with Crippen molar-refractivity contribution in [2.24, 2.45) is 5.92 Å². The van der Waals surface area contributed by atoms with Crippen molar-refractivity contribution in [1.82, 2.24) is 4.90 Å². The number of hydrogen-bond acceptors (Lipinski definition) is 3. The van der Waals surface area contributed by atoms with E-state index < -0.39 is 10.8 Å². The minimum absolute atomic E-state index is 0.133. The highest BCUT2D eigenvalue weighted by Gasteiger charge is 2.30. The summed E-state index contributed by atoms with van der Waals surface area (Å²) in [5.41, 5.74) is 0. The summed E-state index contributed by atoms with van der Waals surface area (Å²) >= 11 is 0. The Hall–Kier alpha value is -0.220.